The Kier molecular flexibility index (Phi) is 5.26. The molecule has 0 aromatic heterocycles. The van der Waals surface area contributed by atoms with Gasteiger partial charge in [0.25, 0.3) is 0 Å². The minimum atomic E-state index is 0.351. The summed E-state index contributed by atoms with van der Waals surface area (Å²) in [4.78, 5) is 0. The molecule has 2 heteroatoms. The largest absolute Gasteiger partial charge is 0.377 e. The maximum atomic E-state index is 5.55. The summed E-state index contributed by atoms with van der Waals surface area (Å²) in [7, 11) is 0. The van der Waals surface area contributed by atoms with E-state index in [0.29, 0.717) is 17.6 Å². The fourth-order valence-corrected chi connectivity index (χ4v) is 2.79. The van der Waals surface area contributed by atoms with Crippen molar-refractivity contribution in [3.63, 3.8) is 0 Å². The van der Waals surface area contributed by atoms with Gasteiger partial charge in [-0.05, 0) is 44.4 Å². The molecule has 0 saturated heterocycles. The summed E-state index contributed by atoms with van der Waals surface area (Å²) in [6.45, 7) is 13.2. The molecule has 0 aliphatic heterocycles. The predicted molar refractivity (Wildman–Crippen MR) is 69.7 cm³/mol. The second-order valence-electron chi connectivity index (χ2n) is 6.36. The summed E-state index contributed by atoms with van der Waals surface area (Å²) < 4.78 is 5.55. The van der Waals surface area contributed by atoms with Crippen LogP contribution in [0.1, 0.15) is 53.9 Å². The first-order valence-corrected chi connectivity index (χ1v) is 6.76. The van der Waals surface area contributed by atoms with Gasteiger partial charge in [-0.15, -0.1) is 0 Å². The quantitative estimate of drug-likeness (QED) is 0.728. The molecule has 96 valence electrons. The first-order chi connectivity index (χ1) is 7.41. The van der Waals surface area contributed by atoms with Crippen molar-refractivity contribution in [2.75, 3.05) is 13.2 Å². The van der Waals surface area contributed by atoms with Gasteiger partial charge in [0.1, 0.15) is 0 Å². The molecule has 16 heavy (non-hydrogen) atoms. The van der Waals surface area contributed by atoms with E-state index in [0.717, 1.165) is 19.1 Å². The van der Waals surface area contributed by atoms with Crippen LogP contribution in [0.15, 0.2) is 0 Å². The number of hydrogen-bond acceptors (Lipinski definition) is 2. The molecule has 1 saturated carbocycles. The zero-order chi connectivity index (χ0) is 12.2. The smallest absolute Gasteiger partial charge is 0.0594 e. The Bertz CT molecular complexity index is 201. The van der Waals surface area contributed by atoms with E-state index in [-0.39, 0.29) is 0 Å². The van der Waals surface area contributed by atoms with E-state index in [2.05, 4.69) is 39.9 Å². The third-order valence-electron chi connectivity index (χ3n) is 3.65. The monoisotopic (exact) mass is 227 g/mol. The van der Waals surface area contributed by atoms with Crippen molar-refractivity contribution >= 4 is 0 Å². The molecule has 2 nitrogen and oxygen atoms in total. The average Bonchev–Trinajstić information content (AvgIpc) is 2.13. The van der Waals surface area contributed by atoms with E-state index in [1.165, 1.54) is 19.3 Å². The fourth-order valence-electron chi connectivity index (χ4n) is 2.79. The summed E-state index contributed by atoms with van der Waals surface area (Å²) in [6, 6.07) is 0.698. The molecule has 1 N–H and O–H groups in total. The lowest BCUT2D eigenvalue weighted by Gasteiger charge is -2.39. The van der Waals surface area contributed by atoms with E-state index in [4.69, 9.17) is 4.74 Å². The number of nitrogens with one attached hydrogen (secondary N) is 1. The number of hydrogen-bond donors (Lipinski definition) is 1. The molecule has 1 fully saturated rings. The fraction of sp³-hybridized carbons (Fsp3) is 1.00. The van der Waals surface area contributed by atoms with Gasteiger partial charge in [-0.25, -0.2) is 0 Å². The molecular weight excluding hydrogens is 198 g/mol. The van der Waals surface area contributed by atoms with Gasteiger partial charge in [0, 0.05) is 12.6 Å². The standard InChI is InChI=1S/C14H29NO/c1-11(2)16-9-8-15-13-6-7-14(4,5)10-12(13)3/h11-13,15H,6-10H2,1-5H3. The van der Waals surface area contributed by atoms with Gasteiger partial charge in [-0.1, -0.05) is 20.8 Å². The lowest BCUT2D eigenvalue weighted by molar-refractivity contribution is 0.0731. The molecule has 2 atom stereocenters. The van der Waals surface area contributed by atoms with Crippen molar-refractivity contribution in [2.24, 2.45) is 11.3 Å². The maximum Gasteiger partial charge on any atom is 0.0594 e. The van der Waals surface area contributed by atoms with Gasteiger partial charge in [0.2, 0.25) is 0 Å². The zero-order valence-electron chi connectivity index (χ0n) is 11.7. The molecule has 0 radical (unpaired) electrons. The van der Waals surface area contributed by atoms with Crippen molar-refractivity contribution in [3.05, 3.63) is 0 Å². The lowest BCUT2D eigenvalue weighted by atomic mass is 9.70. The normalized spacial score (nSPS) is 29.6. The van der Waals surface area contributed by atoms with Gasteiger partial charge in [0.05, 0.1) is 12.7 Å². The topological polar surface area (TPSA) is 21.3 Å². The molecule has 0 spiro atoms. The van der Waals surface area contributed by atoms with Gasteiger partial charge >= 0.3 is 0 Å². The van der Waals surface area contributed by atoms with Gasteiger partial charge in [-0.2, -0.15) is 0 Å². The van der Waals surface area contributed by atoms with E-state index in [9.17, 15) is 0 Å². The molecule has 0 aromatic carbocycles. The second-order valence-corrected chi connectivity index (χ2v) is 6.36. The van der Waals surface area contributed by atoms with Gasteiger partial charge in [0.15, 0.2) is 0 Å². The van der Waals surface area contributed by atoms with Crippen LogP contribution in [0, 0.1) is 11.3 Å². The molecule has 1 aliphatic carbocycles. The van der Waals surface area contributed by atoms with Crippen LogP contribution in [0.25, 0.3) is 0 Å². The Morgan fingerprint density at radius 2 is 2.06 bits per heavy atom. The maximum absolute atomic E-state index is 5.55. The molecule has 2 unspecified atom stereocenters. The minimum Gasteiger partial charge on any atom is -0.377 e. The Morgan fingerprint density at radius 3 is 2.62 bits per heavy atom. The van der Waals surface area contributed by atoms with Crippen LogP contribution >= 0.6 is 0 Å². The molecule has 0 heterocycles. The van der Waals surface area contributed by atoms with E-state index >= 15 is 0 Å². The van der Waals surface area contributed by atoms with Crippen molar-refractivity contribution in [2.45, 2.75) is 66.0 Å². The van der Waals surface area contributed by atoms with Crippen LogP contribution in [-0.2, 0) is 4.74 Å². The molecule has 0 bridgehead atoms. The van der Waals surface area contributed by atoms with Crippen molar-refractivity contribution in [1.82, 2.24) is 5.32 Å². The van der Waals surface area contributed by atoms with E-state index in [1.54, 1.807) is 0 Å². The third-order valence-corrected chi connectivity index (χ3v) is 3.65. The summed E-state index contributed by atoms with van der Waals surface area (Å²) in [5.41, 5.74) is 0.548. The summed E-state index contributed by atoms with van der Waals surface area (Å²) in [5, 5.41) is 3.64. The summed E-state index contributed by atoms with van der Waals surface area (Å²) in [5.74, 6) is 0.794. The Morgan fingerprint density at radius 1 is 1.38 bits per heavy atom. The van der Waals surface area contributed by atoms with Crippen molar-refractivity contribution in [1.29, 1.82) is 0 Å². The van der Waals surface area contributed by atoms with Crippen LogP contribution in [0.4, 0.5) is 0 Å². The highest BCUT2D eigenvalue weighted by Crippen LogP contribution is 2.38. The van der Waals surface area contributed by atoms with Crippen LogP contribution in [0.5, 0.6) is 0 Å². The Hall–Kier alpha value is -0.0800. The van der Waals surface area contributed by atoms with Crippen molar-refractivity contribution < 1.29 is 4.74 Å². The summed E-state index contributed by atoms with van der Waals surface area (Å²) in [6.07, 6.45) is 4.36. The molecule has 1 rings (SSSR count). The lowest BCUT2D eigenvalue weighted by Crippen LogP contribution is -2.43. The van der Waals surface area contributed by atoms with Crippen molar-refractivity contribution in [3.8, 4) is 0 Å². The predicted octanol–water partition coefficient (Wildman–Crippen LogP) is 3.22. The minimum absolute atomic E-state index is 0.351. The molecule has 0 amide bonds. The zero-order valence-corrected chi connectivity index (χ0v) is 11.7. The summed E-state index contributed by atoms with van der Waals surface area (Å²) >= 11 is 0. The SMILES string of the molecule is CC(C)OCCNC1CCC(C)(C)CC1C. The Balaban J connectivity index is 2.18. The third kappa shape index (κ3) is 4.84. The molecular formula is C14H29NO. The molecule has 0 aromatic rings. The highest BCUT2D eigenvalue weighted by Gasteiger charge is 2.31. The Labute approximate surface area is 101 Å². The van der Waals surface area contributed by atoms with E-state index < -0.39 is 0 Å². The number of ether oxygens (including phenoxy) is 1. The highest BCUT2D eigenvalue weighted by molar-refractivity contribution is 4.86. The molecule has 1 aliphatic rings. The van der Waals surface area contributed by atoms with E-state index in [1.807, 2.05) is 0 Å². The van der Waals surface area contributed by atoms with Gasteiger partial charge < -0.3 is 10.1 Å². The highest BCUT2D eigenvalue weighted by atomic mass is 16.5. The second kappa shape index (κ2) is 6.02. The first-order valence-electron chi connectivity index (χ1n) is 6.76. The number of rotatable bonds is 5. The van der Waals surface area contributed by atoms with Gasteiger partial charge in [-0.3, -0.25) is 0 Å². The van der Waals surface area contributed by atoms with Crippen LogP contribution in [0.3, 0.4) is 0 Å². The van der Waals surface area contributed by atoms with Crippen LogP contribution in [0.2, 0.25) is 0 Å². The average molecular weight is 227 g/mol. The van der Waals surface area contributed by atoms with Crippen LogP contribution in [-0.4, -0.2) is 25.3 Å². The van der Waals surface area contributed by atoms with Crippen LogP contribution < -0.4 is 5.32 Å². The first kappa shape index (κ1) is 14.0.